The second-order valence-corrected chi connectivity index (χ2v) is 4.14. The molecule has 1 N–H and O–H groups in total. The van der Waals surface area contributed by atoms with Crippen LogP contribution in [0.3, 0.4) is 0 Å². The van der Waals surface area contributed by atoms with E-state index in [0.717, 1.165) is 22.5 Å². The zero-order valence-electron chi connectivity index (χ0n) is 9.34. The molecule has 88 valence electrons. The Balaban J connectivity index is 2.16. The van der Waals surface area contributed by atoms with Crippen LogP contribution in [0.5, 0.6) is 0 Å². The van der Waals surface area contributed by atoms with Gasteiger partial charge in [-0.25, -0.2) is 9.97 Å². The number of rotatable bonds is 2. The lowest BCUT2D eigenvalue weighted by Gasteiger charge is -2.04. The number of aromatic nitrogens is 4. The van der Waals surface area contributed by atoms with Crippen molar-refractivity contribution in [3.63, 3.8) is 0 Å². The molecule has 0 aliphatic rings. The highest BCUT2D eigenvalue weighted by atomic mass is 35.5. The van der Waals surface area contributed by atoms with Gasteiger partial charge in [-0.05, 0) is 12.1 Å². The minimum atomic E-state index is 0.678. The summed E-state index contributed by atoms with van der Waals surface area (Å²) in [6.07, 6.45) is 4.95. The lowest BCUT2D eigenvalue weighted by atomic mass is 10.1. The number of H-pyrrole nitrogens is 1. The summed E-state index contributed by atoms with van der Waals surface area (Å²) in [7, 11) is 0. The van der Waals surface area contributed by atoms with Crippen molar-refractivity contribution in [1.29, 1.82) is 0 Å². The fourth-order valence-corrected chi connectivity index (χ4v) is 2.03. The van der Waals surface area contributed by atoms with Crippen LogP contribution in [0.4, 0.5) is 0 Å². The topological polar surface area (TPSA) is 54.5 Å². The maximum absolute atomic E-state index is 6.19. The number of benzene rings is 1. The van der Waals surface area contributed by atoms with Gasteiger partial charge in [0.15, 0.2) is 0 Å². The first kappa shape index (κ1) is 10.9. The van der Waals surface area contributed by atoms with Crippen LogP contribution in [0, 0.1) is 0 Å². The average molecular weight is 257 g/mol. The summed E-state index contributed by atoms with van der Waals surface area (Å²) in [5.74, 6) is 0. The Morgan fingerprint density at radius 3 is 2.72 bits per heavy atom. The SMILES string of the molecule is Clc1ccccc1-c1[nH]ncc1-c1ccncn1. The van der Waals surface area contributed by atoms with E-state index in [1.807, 2.05) is 30.3 Å². The molecule has 0 amide bonds. The average Bonchev–Trinajstić information content (AvgIpc) is 2.89. The Bertz CT molecular complexity index is 664. The van der Waals surface area contributed by atoms with Crippen LogP contribution in [0.1, 0.15) is 0 Å². The van der Waals surface area contributed by atoms with Crippen LogP contribution >= 0.6 is 11.6 Å². The van der Waals surface area contributed by atoms with Crippen molar-refractivity contribution in [3.05, 3.63) is 54.1 Å². The molecule has 0 aliphatic carbocycles. The van der Waals surface area contributed by atoms with Crippen molar-refractivity contribution in [2.45, 2.75) is 0 Å². The molecule has 3 aromatic rings. The van der Waals surface area contributed by atoms with E-state index in [9.17, 15) is 0 Å². The van der Waals surface area contributed by atoms with Crippen molar-refractivity contribution in [2.24, 2.45) is 0 Å². The second-order valence-electron chi connectivity index (χ2n) is 3.73. The monoisotopic (exact) mass is 256 g/mol. The van der Waals surface area contributed by atoms with Crippen LogP contribution in [0.2, 0.25) is 5.02 Å². The van der Waals surface area contributed by atoms with E-state index in [2.05, 4.69) is 20.2 Å². The lowest BCUT2D eigenvalue weighted by molar-refractivity contribution is 1.10. The summed E-state index contributed by atoms with van der Waals surface area (Å²) < 4.78 is 0. The van der Waals surface area contributed by atoms with Crippen LogP contribution in [-0.2, 0) is 0 Å². The van der Waals surface area contributed by atoms with Gasteiger partial charge in [0, 0.05) is 22.3 Å². The maximum Gasteiger partial charge on any atom is 0.116 e. The zero-order chi connectivity index (χ0) is 12.4. The molecule has 0 fully saturated rings. The summed E-state index contributed by atoms with van der Waals surface area (Å²) >= 11 is 6.19. The Labute approximate surface area is 109 Å². The van der Waals surface area contributed by atoms with Gasteiger partial charge >= 0.3 is 0 Å². The molecule has 0 saturated carbocycles. The minimum Gasteiger partial charge on any atom is -0.277 e. The minimum absolute atomic E-state index is 0.678. The fraction of sp³-hybridized carbons (Fsp3) is 0. The van der Waals surface area contributed by atoms with Gasteiger partial charge in [-0.1, -0.05) is 29.8 Å². The zero-order valence-corrected chi connectivity index (χ0v) is 10.1. The van der Waals surface area contributed by atoms with Gasteiger partial charge in [0.2, 0.25) is 0 Å². The molecule has 2 heterocycles. The van der Waals surface area contributed by atoms with E-state index in [1.165, 1.54) is 6.33 Å². The first-order valence-electron chi connectivity index (χ1n) is 5.41. The van der Waals surface area contributed by atoms with Crippen molar-refractivity contribution < 1.29 is 0 Å². The lowest BCUT2D eigenvalue weighted by Crippen LogP contribution is -1.86. The van der Waals surface area contributed by atoms with Crippen LogP contribution in [0.25, 0.3) is 22.5 Å². The number of hydrogen-bond acceptors (Lipinski definition) is 3. The molecular formula is C13H9ClN4. The molecule has 0 saturated heterocycles. The highest BCUT2D eigenvalue weighted by Crippen LogP contribution is 2.32. The van der Waals surface area contributed by atoms with Gasteiger partial charge in [-0.2, -0.15) is 5.10 Å². The second kappa shape index (κ2) is 4.58. The number of nitrogens with one attached hydrogen (secondary N) is 1. The van der Waals surface area contributed by atoms with Crippen molar-refractivity contribution in [2.75, 3.05) is 0 Å². The van der Waals surface area contributed by atoms with Crippen LogP contribution in [0.15, 0.2) is 49.1 Å². The first-order valence-corrected chi connectivity index (χ1v) is 5.78. The third-order valence-corrected chi connectivity index (χ3v) is 2.97. The van der Waals surface area contributed by atoms with E-state index in [1.54, 1.807) is 12.4 Å². The predicted molar refractivity (Wildman–Crippen MR) is 70.1 cm³/mol. The van der Waals surface area contributed by atoms with Crippen molar-refractivity contribution >= 4 is 11.6 Å². The summed E-state index contributed by atoms with van der Waals surface area (Å²) in [4.78, 5) is 8.13. The van der Waals surface area contributed by atoms with Crippen molar-refractivity contribution in [1.82, 2.24) is 20.2 Å². The van der Waals surface area contributed by atoms with E-state index in [0.29, 0.717) is 5.02 Å². The largest absolute Gasteiger partial charge is 0.277 e. The summed E-state index contributed by atoms with van der Waals surface area (Å²) in [5.41, 5.74) is 3.49. The smallest absolute Gasteiger partial charge is 0.116 e. The van der Waals surface area contributed by atoms with Gasteiger partial charge in [0.1, 0.15) is 6.33 Å². The fourth-order valence-electron chi connectivity index (χ4n) is 1.80. The molecule has 0 aliphatic heterocycles. The third kappa shape index (κ3) is 1.87. The molecule has 0 unspecified atom stereocenters. The molecule has 3 rings (SSSR count). The van der Waals surface area contributed by atoms with E-state index < -0.39 is 0 Å². The third-order valence-electron chi connectivity index (χ3n) is 2.64. The normalized spacial score (nSPS) is 10.5. The van der Waals surface area contributed by atoms with Gasteiger partial charge in [0.05, 0.1) is 17.6 Å². The molecular weight excluding hydrogens is 248 g/mol. The van der Waals surface area contributed by atoms with E-state index in [4.69, 9.17) is 11.6 Å². The molecule has 2 aromatic heterocycles. The highest BCUT2D eigenvalue weighted by molar-refractivity contribution is 6.33. The molecule has 4 nitrogen and oxygen atoms in total. The molecule has 0 bridgehead atoms. The Morgan fingerprint density at radius 1 is 1.06 bits per heavy atom. The van der Waals surface area contributed by atoms with E-state index >= 15 is 0 Å². The molecule has 18 heavy (non-hydrogen) atoms. The number of hydrogen-bond donors (Lipinski definition) is 1. The Kier molecular flexibility index (Phi) is 2.78. The Hall–Kier alpha value is -2.20. The number of aromatic amines is 1. The van der Waals surface area contributed by atoms with Crippen molar-refractivity contribution in [3.8, 4) is 22.5 Å². The quantitative estimate of drug-likeness (QED) is 0.766. The number of halogens is 1. The van der Waals surface area contributed by atoms with E-state index in [-0.39, 0.29) is 0 Å². The summed E-state index contributed by atoms with van der Waals surface area (Å²) in [5, 5.41) is 7.72. The van der Waals surface area contributed by atoms with Gasteiger partial charge in [-0.15, -0.1) is 0 Å². The van der Waals surface area contributed by atoms with Gasteiger partial charge < -0.3 is 0 Å². The van der Waals surface area contributed by atoms with Gasteiger partial charge in [0.25, 0.3) is 0 Å². The van der Waals surface area contributed by atoms with Gasteiger partial charge in [-0.3, -0.25) is 5.10 Å². The van der Waals surface area contributed by atoms with Crippen LogP contribution in [-0.4, -0.2) is 20.2 Å². The summed E-state index contributed by atoms with van der Waals surface area (Å²) in [6.45, 7) is 0. The molecule has 1 aromatic carbocycles. The maximum atomic E-state index is 6.19. The van der Waals surface area contributed by atoms with Crippen LogP contribution < -0.4 is 0 Å². The molecule has 0 atom stereocenters. The standard InChI is InChI=1S/C13H9ClN4/c14-11-4-2-1-3-9(11)13-10(7-17-18-13)12-5-6-15-8-16-12/h1-8H,(H,17,18). The molecule has 0 radical (unpaired) electrons. The predicted octanol–water partition coefficient (Wildman–Crippen LogP) is 3.19. The Morgan fingerprint density at radius 2 is 1.94 bits per heavy atom. The first-order chi connectivity index (χ1) is 8.86. The molecule has 0 spiro atoms. The summed E-state index contributed by atoms with van der Waals surface area (Å²) in [6, 6.07) is 9.46. The number of nitrogens with zero attached hydrogens (tertiary/aromatic N) is 3. The highest BCUT2D eigenvalue weighted by Gasteiger charge is 2.12. The molecule has 5 heteroatoms.